The smallest absolute Gasteiger partial charge is 0.159 e. The second-order valence-corrected chi connectivity index (χ2v) is 7.90. The largest absolute Gasteiger partial charge is 0.337 e. The molecular weight excluding hydrogens is 298 g/mol. The number of fused-ring (bicyclic) bond motifs is 2. The van der Waals surface area contributed by atoms with Gasteiger partial charge < -0.3 is 9.88 Å². The Morgan fingerprint density at radius 2 is 1.96 bits per heavy atom. The molecule has 0 bridgehead atoms. The lowest BCUT2D eigenvalue weighted by atomic mass is 9.87. The van der Waals surface area contributed by atoms with Gasteiger partial charge in [0.15, 0.2) is 5.82 Å². The van der Waals surface area contributed by atoms with Crippen LogP contribution in [0.5, 0.6) is 0 Å². The van der Waals surface area contributed by atoms with Gasteiger partial charge in [0.05, 0.1) is 16.7 Å². The molecule has 3 heterocycles. The number of aromatic nitrogens is 4. The standard InChI is InChI=1S/C19H25N5/c1-19(2,3)13-6-7-15-16(10-13)21-18(20-15)17-11-14-12-23(4)8-5-9-24(14)22-17/h6-7,10-11H,5,8-9,12H2,1-4H3,(H,20,21). The van der Waals surface area contributed by atoms with Crippen LogP contribution in [0.3, 0.4) is 0 Å². The van der Waals surface area contributed by atoms with Crippen LogP contribution in [-0.4, -0.2) is 38.2 Å². The third-order valence-electron chi connectivity index (χ3n) is 4.80. The highest BCUT2D eigenvalue weighted by Crippen LogP contribution is 2.27. The number of nitrogens with zero attached hydrogens (tertiary/aromatic N) is 4. The molecule has 0 unspecified atom stereocenters. The molecule has 1 aliphatic heterocycles. The number of benzene rings is 1. The van der Waals surface area contributed by atoms with Crippen LogP contribution in [0.1, 0.15) is 38.4 Å². The molecule has 4 rings (SSSR count). The van der Waals surface area contributed by atoms with Gasteiger partial charge in [0, 0.05) is 19.6 Å². The zero-order chi connectivity index (χ0) is 16.9. The number of hydrogen-bond acceptors (Lipinski definition) is 3. The first-order valence-electron chi connectivity index (χ1n) is 8.66. The number of aromatic amines is 1. The minimum atomic E-state index is 0.135. The Hall–Kier alpha value is -2.14. The van der Waals surface area contributed by atoms with Gasteiger partial charge in [0.1, 0.15) is 5.69 Å². The van der Waals surface area contributed by atoms with Gasteiger partial charge in [-0.25, -0.2) is 4.98 Å². The Balaban J connectivity index is 1.73. The average molecular weight is 323 g/mol. The van der Waals surface area contributed by atoms with Crippen LogP contribution in [0, 0.1) is 0 Å². The van der Waals surface area contributed by atoms with E-state index in [0.29, 0.717) is 0 Å². The Morgan fingerprint density at radius 1 is 1.12 bits per heavy atom. The number of hydrogen-bond donors (Lipinski definition) is 1. The molecule has 2 aromatic heterocycles. The molecule has 0 fully saturated rings. The summed E-state index contributed by atoms with van der Waals surface area (Å²) in [6, 6.07) is 8.65. The highest BCUT2D eigenvalue weighted by molar-refractivity contribution is 5.79. The molecule has 0 aliphatic carbocycles. The van der Waals surface area contributed by atoms with Gasteiger partial charge in [0.25, 0.3) is 0 Å². The van der Waals surface area contributed by atoms with E-state index in [1.807, 2.05) is 0 Å². The Morgan fingerprint density at radius 3 is 2.75 bits per heavy atom. The Kier molecular flexibility index (Phi) is 3.49. The topological polar surface area (TPSA) is 49.7 Å². The highest BCUT2D eigenvalue weighted by Gasteiger charge is 2.18. The molecule has 0 saturated carbocycles. The van der Waals surface area contributed by atoms with Gasteiger partial charge in [-0.1, -0.05) is 26.8 Å². The summed E-state index contributed by atoms with van der Waals surface area (Å²) in [5.74, 6) is 0.860. The van der Waals surface area contributed by atoms with Gasteiger partial charge in [-0.3, -0.25) is 4.68 Å². The third-order valence-corrected chi connectivity index (χ3v) is 4.80. The Labute approximate surface area is 142 Å². The van der Waals surface area contributed by atoms with Gasteiger partial charge in [-0.2, -0.15) is 5.10 Å². The molecule has 5 nitrogen and oxygen atoms in total. The van der Waals surface area contributed by atoms with E-state index in [9.17, 15) is 0 Å². The lowest BCUT2D eigenvalue weighted by Gasteiger charge is -2.18. The summed E-state index contributed by atoms with van der Waals surface area (Å²) in [5.41, 5.74) is 5.73. The normalized spacial score (nSPS) is 16.3. The van der Waals surface area contributed by atoms with Gasteiger partial charge in [0.2, 0.25) is 0 Å². The second kappa shape index (κ2) is 5.45. The monoisotopic (exact) mass is 323 g/mol. The summed E-state index contributed by atoms with van der Waals surface area (Å²) in [4.78, 5) is 10.6. The lowest BCUT2D eigenvalue weighted by molar-refractivity contribution is 0.332. The van der Waals surface area contributed by atoms with Gasteiger partial charge >= 0.3 is 0 Å². The second-order valence-electron chi connectivity index (χ2n) is 7.90. The summed E-state index contributed by atoms with van der Waals surface area (Å²) in [6.45, 7) is 9.74. The zero-order valence-electron chi connectivity index (χ0n) is 14.9. The molecule has 126 valence electrons. The quantitative estimate of drug-likeness (QED) is 0.745. The van der Waals surface area contributed by atoms with Crippen LogP contribution in [0.4, 0.5) is 0 Å². The minimum Gasteiger partial charge on any atom is -0.337 e. The van der Waals surface area contributed by atoms with Crippen molar-refractivity contribution in [1.82, 2.24) is 24.6 Å². The summed E-state index contributed by atoms with van der Waals surface area (Å²) in [5, 5.41) is 4.78. The van der Waals surface area contributed by atoms with Crippen LogP contribution in [-0.2, 0) is 18.5 Å². The predicted molar refractivity (Wildman–Crippen MR) is 97.0 cm³/mol. The molecule has 3 aromatic rings. The fourth-order valence-corrected chi connectivity index (χ4v) is 3.34. The van der Waals surface area contributed by atoms with Crippen molar-refractivity contribution in [2.75, 3.05) is 13.6 Å². The van der Waals surface area contributed by atoms with E-state index < -0.39 is 0 Å². The van der Waals surface area contributed by atoms with Crippen molar-refractivity contribution >= 4 is 11.0 Å². The number of nitrogens with one attached hydrogen (secondary N) is 1. The first-order chi connectivity index (χ1) is 11.4. The maximum atomic E-state index is 4.78. The van der Waals surface area contributed by atoms with Crippen molar-refractivity contribution < 1.29 is 0 Å². The van der Waals surface area contributed by atoms with E-state index in [4.69, 9.17) is 10.1 Å². The summed E-state index contributed by atoms with van der Waals surface area (Å²) in [6.07, 6.45) is 1.14. The molecule has 24 heavy (non-hydrogen) atoms. The number of aryl methyl sites for hydroxylation is 1. The molecule has 1 N–H and O–H groups in total. The first-order valence-corrected chi connectivity index (χ1v) is 8.66. The van der Waals surface area contributed by atoms with E-state index in [0.717, 1.165) is 48.6 Å². The van der Waals surface area contributed by atoms with E-state index in [1.165, 1.54) is 11.3 Å². The van der Waals surface area contributed by atoms with Crippen molar-refractivity contribution in [2.45, 2.75) is 45.7 Å². The molecule has 1 aromatic carbocycles. The number of H-pyrrole nitrogens is 1. The van der Waals surface area contributed by atoms with Gasteiger partial charge in [-0.05, 0) is 42.6 Å². The summed E-state index contributed by atoms with van der Waals surface area (Å²) >= 11 is 0. The van der Waals surface area contributed by atoms with Crippen LogP contribution in [0.2, 0.25) is 0 Å². The fourth-order valence-electron chi connectivity index (χ4n) is 3.34. The average Bonchev–Trinajstić information content (AvgIpc) is 3.06. The van der Waals surface area contributed by atoms with E-state index >= 15 is 0 Å². The van der Waals surface area contributed by atoms with Crippen molar-refractivity contribution in [3.05, 3.63) is 35.5 Å². The van der Waals surface area contributed by atoms with E-state index in [1.54, 1.807) is 0 Å². The van der Waals surface area contributed by atoms with Crippen molar-refractivity contribution in [2.24, 2.45) is 0 Å². The molecule has 0 atom stereocenters. The zero-order valence-corrected chi connectivity index (χ0v) is 14.9. The first kappa shape index (κ1) is 15.4. The molecule has 1 aliphatic rings. The SMILES string of the molecule is CN1CCCn2nc(-c3nc4ccc(C(C)(C)C)cc4[nH]3)cc2C1. The van der Waals surface area contributed by atoms with Crippen molar-refractivity contribution in [1.29, 1.82) is 0 Å². The maximum absolute atomic E-state index is 4.78. The lowest BCUT2D eigenvalue weighted by Crippen LogP contribution is -2.16. The van der Waals surface area contributed by atoms with Crippen LogP contribution in [0.25, 0.3) is 22.6 Å². The molecule has 5 heteroatoms. The van der Waals surface area contributed by atoms with Crippen molar-refractivity contribution in [3.8, 4) is 11.5 Å². The molecule has 0 saturated heterocycles. The fraction of sp³-hybridized carbons (Fsp3) is 0.474. The van der Waals surface area contributed by atoms with Crippen LogP contribution >= 0.6 is 0 Å². The summed E-state index contributed by atoms with van der Waals surface area (Å²) < 4.78 is 2.13. The molecule has 0 radical (unpaired) electrons. The maximum Gasteiger partial charge on any atom is 0.159 e. The molecular formula is C19H25N5. The predicted octanol–water partition coefficient (Wildman–Crippen LogP) is 3.56. The third kappa shape index (κ3) is 2.73. The van der Waals surface area contributed by atoms with E-state index in [-0.39, 0.29) is 5.41 Å². The number of imidazole rings is 1. The van der Waals surface area contributed by atoms with E-state index in [2.05, 4.69) is 66.7 Å². The van der Waals surface area contributed by atoms with Crippen molar-refractivity contribution in [3.63, 3.8) is 0 Å². The highest BCUT2D eigenvalue weighted by atomic mass is 15.3. The number of rotatable bonds is 1. The summed E-state index contributed by atoms with van der Waals surface area (Å²) in [7, 11) is 2.16. The van der Waals surface area contributed by atoms with Crippen LogP contribution in [0.15, 0.2) is 24.3 Å². The Bertz CT molecular complexity index is 881. The minimum absolute atomic E-state index is 0.135. The molecule has 0 amide bonds. The van der Waals surface area contributed by atoms with Crippen LogP contribution < -0.4 is 0 Å². The van der Waals surface area contributed by atoms with Gasteiger partial charge in [-0.15, -0.1) is 0 Å². The molecule has 0 spiro atoms.